The van der Waals surface area contributed by atoms with Crippen LogP contribution in [0.15, 0.2) is 12.1 Å². The van der Waals surface area contributed by atoms with Crippen molar-refractivity contribution in [3.8, 4) is 0 Å². The Balaban J connectivity index is 2.27. The van der Waals surface area contributed by atoms with Crippen molar-refractivity contribution in [3.63, 3.8) is 0 Å². The fourth-order valence-electron chi connectivity index (χ4n) is 1.84. The van der Waals surface area contributed by atoms with Crippen molar-refractivity contribution >= 4 is 45.8 Å². The number of benzene rings is 1. The second-order valence-corrected chi connectivity index (χ2v) is 5.58. The molecule has 1 nitrogen and oxygen atoms in total. The van der Waals surface area contributed by atoms with E-state index < -0.39 is 0 Å². The predicted octanol–water partition coefficient (Wildman–Crippen LogP) is 4.49. The highest BCUT2D eigenvalue weighted by molar-refractivity contribution is 14.1. The molecule has 1 aliphatic heterocycles. The van der Waals surface area contributed by atoms with E-state index in [4.69, 9.17) is 27.9 Å². The maximum Gasteiger partial charge on any atom is 0.0557 e. The summed E-state index contributed by atoms with van der Waals surface area (Å²) in [6.07, 6.45) is 2.13. The van der Waals surface area contributed by atoms with Crippen molar-refractivity contribution in [1.29, 1.82) is 0 Å². The predicted molar refractivity (Wildman–Crippen MR) is 72.0 cm³/mol. The van der Waals surface area contributed by atoms with Gasteiger partial charge < -0.3 is 4.74 Å². The molecule has 1 aromatic rings. The van der Waals surface area contributed by atoms with Crippen molar-refractivity contribution in [3.05, 3.63) is 31.3 Å². The van der Waals surface area contributed by atoms with Gasteiger partial charge in [-0.15, -0.1) is 0 Å². The van der Waals surface area contributed by atoms with E-state index in [-0.39, 0.29) is 0 Å². The zero-order chi connectivity index (χ0) is 10.8. The minimum atomic E-state index is 0.547. The Hall–Kier alpha value is 0.490. The third-order valence-corrected chi connectivity index (χ3v) is 5.09. The van der Waals surface area contributed by atoms with Crippen molar-refractivity contribution in [2.45, 2.75) is 18.8 Å². The average molecular weight is 357 g/mol. The van der Waals surface area contributed by atoms with Crippen molar-refractivity contribution in [2.24, 2.45) is 0 Å². The first kappa shape index (κ1) is 12.0. The molecule has 0 bridgehead atoms. The summed E-state index contributed by atoms with van der Waals surface area (Å²) in [4.78, 5) is 0. The molecule has 1 heterocycles. The Labute approximate surface area is 113 Å². The lowest BCUT2D eigenvalue weighted by Crippen LogP contribution is -2.14. The lowest BCUT2D eigenvalue weighted by atomic mass is 9.92. The van der Waals surface area contributed by atoms with Gasteiger partial charge >= 0.3 is 0 Å². The van der Waals surface area contributed by atoms with Crippen LogP contribution in [0.5, 0.6) is 0 Å². The van der Waals surface area contributed by atoms with E-state index in [1.807, 2.05) is 12.1 Å². The molecule has 0 aromatic heterocycles. The van der Waals surface area contributed by atoms with Gasteiger partial charge in [-0.2, -0.15) is 0 Å². The van der Waals surface area contributed by atoms with Crippen LogP contribution in [0.2, 0.25) is 10.0 Å². The van der Waals surface area contributed by atoms with Gasteiger partial charge in [0.1, 0.15) is 0 Å². The fourth-order valence-corrected chi connectivity index (χ4v) is 2.66. The van der Waals surface area contributed by atoms with Gasteiger partial charge in [0.2, 0.25) is 0 Å². The fraction of sp³-hybridized carbons (Fsp3) is 0.455. The van der Waals surface area contributed by atoms with Gasteiger partial charge in [-0.25, -0.2) is 0 Å². The van der Waals surface area contributed by atoms with Gasteiger partial charge in [0.25, 0.3) is 0 Å². The minimum absolute atomic E-state index is 0.547. The van der Waals surface area contributed by atoms with Gasteiger partial charge in [0.05, 0.1) is 13.6 Å². The molecule has 1 aromatic carbocycles. The monoisotopic (exact) mass is 356 g/mol. The van der Waals surface area contributed by atoms with E-state index in [1.165, 1.54) is 5.56 Å². The minimum Gasteiger partial charge on any atom is -0.381 e. The van der Waals surface area contributed by atoms with E-state index in [0.29, 0.717) is 5.92 Å². The molecular weight excluding hydrogens is 346 g/mol. The van der Waals surface area contributed by atoms with Gasteiger partial charge in [0, 0.05) is 13.2 Å². The summed E-state index contributed by atoms with van der Waals surface area (Å²) in [6.45, 7) is 1.68. The Morgan fingerprint density at radius 3 is 2.20 bits per heavy atom. The molecule has 0 spiro atoms. The topological polar surface area (TPSA) is 9.23 Å². The van der Waals surface area contributed by atoms with Crippen LogP contribution in [0.4, 0.5) is 0 Å². The van der Waals surface area contributed by atoms with E-state index in [9.17, 15) is 0 Å². The van der Waals surface area contributed by atoms with Gasteiger partial charge in [-0.05, 0) is 59.0 Å². The molecule has 4 heteroatoms. The van der Waals surface area contributed by atoms with Gasteiger partial charge in [-0.1, -0.05) is 23.2 Å². The zero-order valence-corrected chi connectivity index (χ0v) is 11.8. The normalized spacial score (nSPS) is 18.1. The van der Waals surface area contributed by atoms with Crippen LogP contribution >= 0.6 is 45.8 Å². The summed E-state index contributed by atoms with van der Waals surface area (Å²) in [5.41, 5.74) is 1.24. The highest BCUT2D eigenvalue weighted by Gasteiger charge is 2.17. The molecule has 0 aliphatic carbocycles. The van der Waals surface area contributed by atoms with Crippen LogP contribution in [0.25, 0.3) is 0 Å². The molecule has 0 N–H and O–H groups in total. The Kier molecular flexibility index (Phi) is 4.16. The Bertz CT molecular complexity index is 339. The number of hydrogen-bond donors (Lipinski definition) is 0. The standard InChI is InChI=1S/C11H11Cl2IO/c12-9-5-8(6-10(13)11(9)14)7-1-3-15-4-2-7/h5-7H,1-4H2. The molecular formula is C11H11Cl2IO. The number of ether oxygens (including phenoxy) is 1. The van der Waals surface area contributed by atoms with E-state index in [2.05, 4.69) is 22.6 Å². The summed E-state index contributed by atoms with van der Waals surface area (Å²) < 4.78 is 6.27. The second-order valence-electron chi connectivity index (χ2n) is 3.69. The van der Waals surface area contributed by atoms with Crippen molar-refractivity contribution in [2.75, 3.05) is 13.2 Å². The second kappa shape index (κ2) is 5.21. The van der Waals surface area contributed by atoms with E-state index in [1.54, 1.807) is 0 Å². The first-order valence-electron chi connectivity index (χ1n) is 4.90. The van der Waals surface area contributed by atoms with Crippen LogP contribution in [0.1, 0.15) is 24.3 Å². The van der Waals surface area contributed by atoms with E-state index in [0.717, 1.165) is 39.7 Å². The maximum atomic E-state index is 6.12. The Morgan fingerprint density at radius 1 is 1.13 bits per heavy atom. The molecule has 1 saturated heterocycles. The molecule has 0 saturated carbocycles. The third-order valence-electron chi connectivity index (χ3n) is 2.70. The van der Waals surface area contributed by atoms with Crippen molar-refractivity contribution < 1.29 is 4.74 Å². The Morgan fingerprint density at radius 2 is 1.67 bits per heavy atom. The summed E-state index contributed by atoms with van der Waals surface area (Å²) in [6, 6.07) is 4.07. The first-order valence-corrected chi connectivity index (χ1v) is 6.74. The molecule has 0 amide bonds. The SMILES string of the molecule is Clc1cc(C2CCOCC2)cc(Cl)c1I. The van der Waals surface area contributed by atoms with Crippen LogP contribution in [-0.2, 0) is 4.74 Å². The average Bonchev–Trinajstić information content (AvgIpc) is 2.26. The summed E-state index contributed by atoms with van der Waals surface area (Å²) in [7, 11) is 0. The molecule has 0 atom stereocenters. The third kappa shape index (κ3) is 2.78. The summed E-state index contributed by atoms with van der Waals surface area (Å²) >= 11 is 14.4. The molecule has 15 heavy (non-hydrogen) atoms. The largest absolute Gasteiger partial charge is 0.381 e. The number of rotatable bonds is 1. The quantitative estimate of drug-likeness (QED) is 0.532. The molecule has 82 valence electrons. The molecule has 1 aliphatic rings. The molecule has 2 rings (SSSR count). The molecule has 0 radical (unpaired) electrons. The highest BCUT2D eigenvalue weighted by Crippen LogP contribution is 2.34. The zero-order valence-electron chi connectivity index (χ0n) is 8.10. The van der Waals surface area contributed by atoms with E-state index >= 15 is 0 Å². The van der Waals surface area contributed by atoms with Gasteiger partial charge in [0.15, 0.2) is 0 Å². The lowest BCUT2D eigenvalue weighted by Gasteiger charge is -2.23. The first-order chi connectivity index (χ1) is 7.18. The lowest BCUT2D eigenvalue weighted by molar-refractivity contribution is 0.0853. The molecule has 0 unspecified atom stereocenters. The van der Waals surface area contributed by atoms with Crippen molar-refractivity contribution in [1.82, 2.24) is 0 Å². The van der Waals surface area contributed by atoms with Crippen LogP contribution in [0, 0.1) is 3.57 Å². The summed E-state index contributed by atoms with van der Waals surface area (Å²) in [5, 5.41) is 1.51. The number of halogens is 3. The van der Waals surface area contributed by atoms with Gasteiger partial charge in [-0.3, -0.25) is 0 Å². The molecule has 1 fully saturated rings. The smallest absolute Gasteiger partial charge is 0.0557 e. The number of hydrogen-bond acceptors (Lipinski definition) is 1. The van der Waals surface area contributed by atoms with Crippen LogP contribution < -0.4 is 0 Å². The van der Waals surface area contributed by atoms with Crippen LogP contribution in [0.3, 0.4) is 0 Å². The summed E-state index contributed by atoms with van der Waals surface area (Å²) in [5.74, 6) is 0.547. The highest BCUT2D eigenvalue weighted by atomic mass is 127. The van der Waals surface area contributed by atoms with Crippen LogP contribution in [-0.4, -0.2) is 13.2 Å². The maximum absolute atomic E-state index is 6.12.